The number of ether oxygens (including phenoxy) is 1. The van der Waals surface area contributed by atoms with Gasteiger partial charge in [0, 0.05) is 50.0 Å². The molecule has 4 aliphatic carbocycles. The monoisotopic (exact) mass is 543 g/mol. The Kier molecular flexibility index (Phi) is 6.36. The summed E-state index contributed by atoms with van der Waals surface area (Å²) in [5.41, 5.74) is 10.5. The van der Waals surface area contributed by atoms with E-state index >= 15 is 0 Å². The molecule has 1 saturated heterocycles. The first-order valence-corrected chi connectivity index (χ1v) is 14.4. The highest BCUT2D eigenvalue weighted by Crippen LogP contribution is 2.55. The van der Waals surface area contributed by atoms with Gasteiger partial charge in [-0.1, -0.05) is 0 Å². The number of hydrogen-bond acceptors (Lipinski definition) is 8. The average molecular weight is 544 g/mol. The molecule has 3 heterocycles. The van der Waals surface area contributed by atoms with Crippen LogP contribution in [0.1, 0.15) is 48.2 Å². The highest BCUT2D eigenvalue weighted by atomic mass is 16.5. The topological polar surface area (TPSA) is 131 Å². The van der Waals surface area contributed by atoms with Gasteiger partial charge in [0.15, 0.2) is 11.5 Å². The minimum Gasteiger partial charge on any atom is -0.390 e. The maximum Gasteiger partial charge on any atom is 0.273 e. The molecule has 2 aromatic heterocycles. The molecule has 8 rings (SSSR count). The Morgan fingerprint density at radius 2 is 1.85 bits per heavy atom. The number of aromatic nitrogens is 4. The number of aliphatic hydroxyl groups is 1. The molecule has 210 valence electrons. The predicted octanol–water partition coefficient (Wildman–Crippen LogP) is 2.63. The van der Waals surface area contributed by atoms with E-state index in [0.717, 1.165) is 87.2 Å². The average Bonchev–Trinajstić information content (AvgIpc) is 3.37. The van der Waals surface area contributed by atoms with Crippen molar-refractivity contribution in [1.82, 2.24) is 30.0 Å². The Morgan fingerprint density at radius 1 is 1.10 bits per heavy atom. The summed E-state index contributed by atoms with van der Waals surface area (Å²) in [6, 6.07) is 6.42. The lowest BCUT2D eigenvalue weighted by Crippen LogP contribution is -2.61. The number of hydrogen-bond donors (Lipinski definition) is 3. The third-order valence-electron chi connectivity index (χ3n) is 9.39. The van der Waals surface area contributed by atoms with Crippen LogP contribution in [0.4, 0.5) is 5.82 Å². The predicted molar refractivity (Wildman–Crippen MR) is 150 cm³/mol. The van der Waals surface area contributed by atoms with Gasteiger partial charge in [0.2, 0.25) is 0 Å². The number of amides is 1. The first-order chi connectivity index (χ1) is 19.3. The zero-order valence-electron chi connectivity index (χ0n) is 22.9. The quantitative estimate of drug-likeness (QED) is 0.433. The molecule has 40 heavy (non-hydrogen) atoms. The van der Waals surface area contributed by atoms with Crippen LogP contribution in [0.15, 0.2) is 36.8 Å². The van der Waals surface area contributed by atoms with Crippen LogP contribution >= 0.6 is 0 Å². The van der Waals surface area contributed by atoms with E-state index < -0.39 is 5.60 Å². The van der Waals surface area contributed by atoms with Gasteiger partial charge in [-0.15, -0.1) is 0 Å². The van der Waals surface area contributed by atoms with Gasteiger partial charge in [0.05, 0.1) is 36.9 Å². The normalized spacial score (nSPS) is 29.6. The summed E-state index contributed by atoms with van der Waals surface area (Å²) in [6.07, 6.45) is 10.1. The van der Waals surface area contributed by atoms with Gasteiger partial charge in [0.25, 0.3) is 5.91 Å². The van der Waals surface area contributed by atoms with Crippen molar-refractivity contribution in [3.8, 4) is 22.4 Å². The number of carbonyl (C=O) groups is 1. The molecule has 5 aliphatic rings. The lowest BCUT2D eigenvalue weighted by Gasteiger charge is -2.58. The van der Waals surface area contributed by atoms with E-state index in [1.54, 1.807) is 10.9 Å². The van der Waals surface area contributed by atoms with Crippen molar-refractivity contribution in [2.45, 2.75) is 50.3 Å². The highest BCUT2D eigenvalue weighted by molar-refractivity contribution is 5.97. The van der Waals surface area contributed by atoms with Gasteiger partial charge < -0.3 is 20.9 Å². The lowest BCUT2D eigenvalue weighted by molar-refractivity contribution is -0.136. The number of anilines is 1. The van der Waals surface area contributed by atoms with E-state index in [1.165, 1.54) is 0 Å². The van der Waals surface area contributed by atoms with E-state index in [4.69, 9.17) is 15.5 Å². The molecule has 2 unspecified atom stereocenters. The molecule has 0 radical (unpaired) electrons. The Morgan fingerprint density at radius 3 is 2.55 bits per heavy atom. The van der Waals surface area contributed by atoms with Gasteiger partial charge in [-0.05, 0) is 79.2 Å². The minimum absolute atomic E-state index is 0.0446. The van der Waals surface area contributed by atoms with Crippen LogP contribution in [0.3, 0.4) is 0 Å². The van der Waals surface area contributed by atoms with Gasteiger partial charge in [-0.2, -0.15) is 5.10 Å². The first-order valence-electron chi connectivity index (χ1n) is 14.4. The minimum atomic E-state index is -0.547. The van der Waals surface area contributed by atoms with Crippen molar-refractivity contribution in [1.29, 1.82) is 0 Å². The highest BCUT2D eigenvalue weighted by Gasteiger charge is 2.55. The van der Waals surface area contributed by atoms with E-state index in [0.29, 0.717) is 23.4 Å². The van der Waals surface area contributed by atoms with Crippen LogP contribution in [-0.4, -0.2) is 73.6 Å². The van der Waals surface area contributed by atoms with Crippen molar-refractivity contribution in [3.05, 3.63) is 48.0 Å². The Bertz CT molecular complexity index is 1420. The Balaban J connectivity index is 1.18. The standard InChI is InChI=1S/C30H37N7O3/c1-36-17-24(14-33-36)20-8-19(16-37-2-4-40-5-3-37)9-21(10-20)25-15-32-28(31)27(34-25)29(38)35-26-22-6-18-7-23(26)13-30(39,11-18)12-22/h8-10,14-15,17-18,22-23,26,39H,2-7,11-13,16H2,1H3,(H2,31,32)(H,35,38). The Labute approximate surface area is 233 Å². The van der Waals surface area contributed by atoms with Crippen LogP contribution in [-0.2, 0) is 18.3 Å². The van der Waals surface area contributed by atoms with E-state index in [1.807, 2.05) is 19.4 Å². The zero-order chi connectivity index (χ0) is 27.4. The molecule has 3 aromatic rings. The third kappa shape index (κ3) is 4.88. The number of nitrogens with zero attached hydrogens (tertiary/aromatic N) is 5. The molecular formula is C30H37N7O3. The molecule has 4 N–H and O–H groups in total. The van der Waals surface area contributed by atoms with Crippen LogP contribution in [0, 0.1) is 17.8 Å². The zero-order valence-corrected chi connectivity index (χ0v) is 22.9. The van der Waals surface area contributed by atoms with Gasteiger partial charge in [0.1, 0.15) is 0 Å². The number of aryl methyl sites for hydroxylation is 1. The summed E-state index contributed by atoms with van der Waals surface area (Å²) in [5.74, 6) is 1.02. The smallest absolute Gasteiger partial charge is 0.273 e. The summed E-state index contributed by atoms with van der Waals surface area (Å²) in [6.45, 7) is 4.04. The molecule has 10 heteroatoms. The number of benzene rings is 1. The molecule has 1 aliphatic heterocycles. The summed E-state index contributed by atoms with van der Waals surface area (Å²) in [4.78, 5) is 25.1. The fraction of sp³-hybridized carbons (Fsp3) is 0.533. The van der Waals surface area contributed by atoms with Crippen LogP contribution < -0.4 is 11.1 Å². The summed E-state index contributed by atoms with van der Waals surface area (Å²) in [7, 11) is 1.91. The number of carbonyl (C=O) groups excluding carboxylic acids is 1. The number of rotatable bonds is 6. The number of nitrogens with one attached hydrogen (secondary N) is 1. The number of nitrogens with two attached hydrogens (primary N) is 1. The summed E-state index contributed by atoms with van der Waals surface area (Å²) >= 11 is 0. The first kappa shape index (κ1) is 25.6. The SMILES string of the molecule is Cn1cc(-c2cc(CN3CCOCC3)cc(-c3cnc(N)c(C(=O)NC4C5CC6CC4CC(O)(C6)C5)n3)c2)cn1. The molecule has 2 atom stereocenters. The molecule has 4 bridgehead atoms. The molecule has 5 fully saturated rings. The number of morpholine rings is 1. The van der Waals surface area contributed by atoms with Crippen molar-refractivity contribution in [2.24, 2.45) is 24.8 Å². The van der Waals surface area contributed by atoms with Gasteiger partial charge >= 0.3 is 0 Å². The van der Waals surface area contributed by atoms with Gasteiger partial charge in [-0.3, -0.25) is 14.4 Å². The second-order valence-electron chi connectivity index (χ2n) is 12.4. The van der Waals surface area contributed by atoms with Crippen molar-refractivity contribution in [3.63, 3.8) is 0 Å². The fourth-order valence-electron chi connectivity index (χ4n) is 7.83. The van der Waals surface area contributed by atoms with E-state index in [-0.39, 0.29) is 23.5 Å². The lowest BCUT2D eigenvalue weighted by atomic mass is 9.52. The summed E-state index contributed by atoms with van der Waals surface area (Å²) < 4.78 is 7.32. The van der Waals surface area contributed by atoms with Crippen molar-refractivity contribution < 1.29 is 14.6 Å². The maximum absolute atomic E-state index is 13.6. The second kappa shape index (κ2) is 9.94. The second-order valence-corrected chi connectivity index (χ2v) is 12.4. The van der Waals surface area contributed by atoms with Crippen LogP contribution in [0.5, 0.6) is 0 Å². The van der Waals surface area contributed by atoms with Crippen molar-refractivity contribution in [2.75, 3.05) is 32.0 Å². The Hall–Kier alpha value is -3.34. The summed E-state index contributed by atoms with van der Waals surface area (Å²) in [5, 5.41) is 18.6. The fourth-order valence-corrected chi connectivity index (χ4v) is 7.83. The molecule has 0 spiro atoms. The van der Waals surface area contributed by atoms with Gasteiger partial charge in [-0.25, -0.2) is 9.97 Å². The largest absolute Gasteiger partial charge is 0.390 e. The van der Waals surface area contributed by atoms with Crippen molar-refractivity contribution >= 4 is 11.7 Å². The van der Waals surface area contributed by atoms with E-state index in [2.05, 4.69) is 38.5 Å². The number of nitrogen functional groups attached to an aromatic ring is 1. The molecule has 1 amide bonds. The van der Waals surface area contributed by atoms with Crippen LogP contribution in [0.2, 0.25) is 0 Å². The maximum atomic E-state index is 13.6. The van der Waals surface area contributed by atoms with E-state index in [9.17, 15) is 9.90 Å². The third-order valence-corrected chi connectivity index (χ3v) is 9.39. The van der Waals surface area contributed by atoms with Crippen LogP contribution in [0.25, 0.3) is 22.4 Å². The molecule has 1 aromatic carbocycles. The molecule has 10 nitrogen and oxygen atoms in total. The molecule has 4 saturated carbocycles. The molecular weight excluding hydrogens is 506 g/mol.